The Morgan fingerprint density at radius 2 is 1.74 bits per heavy atom. The smallest absolute Gasteiger partial charge is 0.257 e. The van der Waals surface area contributed by atoms with Crippen LogP contribution in [0.5, 0.6) is 0 Å². The van der Waals surface area contributed by atoms with Crippen LogP contribution in [0.1, 0.15) is 21.5 Å². The fraction of sp³-hybridized carbons (Fsp3) is 0.111. The summed E-state index contributed by atoms with van der Waals surface area (Å²) in [6.07, 6.45) is 3.32. The van der Waals surface area contributed by atoms with Crippen LogP contribution >= 0.6 is 11.6 Å². The number of aromatic amines is 2. The Morgan fingerprint density at radius 3 is 2.53 bits per heavy atom. The second-order valence-electron chi connectivity index (χ2n) is 8.68. The van der Waals surface area contributed by atoms with E-state index in [4.69, 9.17) is 11.6 Å². The molecule has 0 atom stereocenters. The van der Waals surface area contributed by atoms with Crippen LogP contribution < -0.4 is 15.5 Å². The van der Waals surface area contributed by atoms with Gasteiger partial charge in [0.2, 0.25) is 15.5 Å². The van der Waals surface area contributed by atoms with Crippen LogP contribution in [0.15, 0.2) is 82.7 Å². The highest BCUT2D eigenvalue weighted by Gasteiger charge is 2.21. The van der Waals surface area contributed by atoms with Crippen molar-refractivity contribution in [3.8, 4) is 0 Å². The number of sulfonamides is 1. The van der Waals surface area contributed by atoms with Crippen molar-refractivity contribution in [1.82, 2.24) is 20.0 Å². The third kappa shape index (κ3) is 5.19. The van der Waals surface area contributed by atoms with Gasteiger partial charge in [-0.3, -0.25) is 9.59 Å². The molecular weight excluding hydrogens is 531 g/mol. The SMILES string of the molecule is O=C(NCc1ccc(Cl)cc1)c1c[nH]c2c(F)cc(S(=O)(=O)NCCc3c[nH]c4ccccc34)cc2c1=O. The molecule has 3 aromatic carbocycles. The van der Waals surface area contributed by atoms with Crippen LogP contribution in [0.4, 0.5) is 4.39 Å². The highest BCUT2D eigenvalue weighted by atomic mass is 35.5. The van der Waals surface area contributed by atoms with E-state index in [0.717, 1.165) is 40.4 Å². The van der Waals surface area contributed by atoms with Gasteiger partial charge in [-0.15, -0.1) is 0 Å². The maximum atomic E-state index is 14.8. The Bertz CT molecular complexity index is 1830. The standard InChI is InChI=1S/C27H22ClFN4O4S/c28-18-7-5-16(6-8-18)13-32-27(35)22-15-31-25-21(26(22)34)11-19(12-23(25)29)38(36,37)33-10-9-17-14-30-24-4-2-1-3-20(17)24/h1-8,11-12,14-15,30,33H,9-10,13H2,(H,31,34)(H,32,35). The minimum atomic E-state index is -4.14. The number of carbonyl (C=O) groups is 1. The molecule has 8 nitrogen and oxygen atoms in total. The largest absolute Gasteiger partial charge is 0.361 e. The highest BCUT2D eigenvalue weighted by molar-refractivity contribution is 7.89. The van der Waals surface area contributed by atoms with Crippen LogP contribution in [0, 0.1) is 5.82 Å². The number of rotatable bonds is 8. The predicted molar refractivity (Wildman–Crippen MR) is 144 cm³/mol. The molecule has 0 unspecified atom stereocenters. The lowest BCUT2D eigenvalue weighted by Gasteiger charge is -2.10. The Hall–Kier alpha value is -3.99. The summed E-state index contributed by atoms with van der Waals surface area (Å²) in [6, 6.07) is 16.4. The molecule has 0 saturated heterocycles. The molecule has 4 N–H and O–H groups in total. The van der Waals surface area contributed by atoms with E-state index in [1.54, 1.807) is 24.3 Å². The van der Waals surface area contributed by atoms with Crippen molar-refractivity contribution in [2.75, 3.05) is 6.54 Å². The summed E-state index contributed by atoms with van der Waals surface area (Å²) in [6.45, 7) is 0.198. The van der Waals surface area contributed by atoms with Gasteiger partial charge < -0.3 is 15.3 Å². The molecule has 0 aliphatic rings. The number of hydrogen-bond acceptors (Lipinski definition) is 4. The third-order valence-electron chi connectivity index (χ3n) is 6.20. The molecule has 5 rings (SSSR count). The van der Waals surface area contributed by atoms with Crippen LogP contribution in [-0.4, -0.2) is 30.8 Å². The average molecular weight is 553 g/mol. The van der Waals surface area contributed by atoms with Gasteiger partial charge in [0.05, 0.1) is 15.8 Å². The van der Waals surface area contributed by atoms with Crippen molar-refractivity contribution in [1.29, 1.82) is 0 Å². The van der Waals surface area contributed by atoms with Crippen LogP contribution in [-0.2, 0) is 23.0 Å². The van der Waals surface area contributed by atoms with E-state index in [1.807, 2.05) is 30.5 Å². The molecule has 5 aromatic rings. The molecule has 2 aromatic heterocycles. The molecule has 11 heteroatoms. The fourth-order valence-corrected chi connectivity index (χ4v) is 5.40. The van der Waals surface area contributed by atoms with Gasteiger partial charge >= 0.3 is 0 Å². The summed E-state index contributed by atoms with van der Waals surface area (Å²) < 4.78 is 43.2. The third-order valence-corrected chi connectivity index (χ3v) is 7.89. The van der Waals surface area contributed by atoms with Gasteiger partial charge in [0.15, 0.2) is 0 Å². The summed E-state index contributed by atoms with van der Waals surface area (Å²) in [5, 5.41) is 3.91. The average Bonchev–Trinajstić information content (AvgIpc) is 3.31. The first-order valence-corrected chi connectivity index (χ1v) is 13.5. The van der Waals surface area contributed by atoms with Gasteiger partial charge in [-0.1, -0.05) is 41.9 Å². The summed E-state index contributed by atoms with van der Waals surface area (Å²) in [5.74, 6) is -1.61. The molecule has 0 aliphatic carbocycles. The highest BCUT2D eigenvalue weighted by Crippen LogP contribution is 2.21. The van der Waals surface area contributed by atoms with Gasteiger partial charge in [0, 0.05) is 41.4 Å². The topological polar surface area (TPSA) is 124 Å². The van der Waals surface area contributed by atoms with E-state index in [0.29, 0.717) is 11.4 Å². The Balaban J connectivity index is 1.36. The van der Waals surface area contributed by atoms with E-state index in [1.165, 1.54) is 0 Å². The van der Waals surface area contributed by atoms with Crippen molar-refractivity contribution in [3.05, 3.63) is 111 Å². The van der Waals surface area contributed by atoms with Crippen molar-refractivity contribution < 1.29 is 17.6 Å². The molecule has 2 heterocycles. The maximum absolute atomic E-state index is 14.8. The first kappa shape index (κ1) is 25.7. The zero-order valence-corrected chi connectivity index (χ0v) is 21.4. The van der Waals surface area contributed by atoms with Crippen LogP contribution in [0.3, 0.4) is 0 Å². The number of pyridine rings is 1. The fourth-order valence-electron chi connectivity index (χ4n) is 4.21. The number of H-pyrrole nitrogens is 2. The molecule has 0 aliphatic heterocycles. The molecule has 0 fully saturated rings. The number of halogens is 2. The van der Waals surface area contributed by atoms with E-state index >= 15 is 0 Å². The molecular formula is C27H22ClFN4O4S. The van der Waals surface area contributed by atoms with E-state index < -0.39 is 32.1 Å². The summed E-state index contributed by atoms with van der Waals surface area (Å²) in [4.78, 5) is 31.1. The molecule has 194 valence electrons. The lowest BCUT2D eigenvalue weighted by atomic mass is 10.1. The predicted octanol–water partition coefficient (Wildman–Crippen LogP) is 4.25. The molecule has 0 bridgehead atoms. The number of amides is 1. The van der Waals surface area contributed by atoms with Gasteiger partial charge in [-0.25, -0.2) is 17.5 Å². The van der Waals surface area contributed by atoms with Crippen molar-refractivity contribution in [2.24, 2.45) is 0 Å². The number of nitrogens with one attached hydrogen (secondary N) is 4. The van der Waals surface area contributed by atoms with Crippen molar-refractivity contribution in [3.63, 3.8) is 0 Å². The molecule has 1 amide bonds. The van der Waals surface area contributed by atoms with Gasteiger partial charge in [-0.2, -0.15) is 0 Å². The number of fused-ring (bicyclic) bond motifs is 2. The van der Waals surface area contributed by atoms with Crippen LogP contribution in [0.2, 0.25) is 5.02 Å². The van der Waals surface area contributed by atoms with Gasteiger partial charge in [0.25, 0.3) is 5.91 Å². The number of benzene rings is 3. The zero-order valence-electron chi connectivity index (χ0n) is 19.8. The molecule has 0 radical (unpaired) electrons. The second-order valence-corrected chi connectivity index (χ2v) is 10.9. The first-order valence-electron chi connectivity index (χ1n) is 11.7. The van der Waals surface area contributed by atoms with Crippen LogP contribution in [0.25, 0.3) is 21.8 Å². The normalized spacial score (nSPS) is 11.7. The quantitative estimate of drug-likeness (QED) is 0.230. The molecule has 0 spiro atoms. The first-order chi connectivity index (χ1) is 18.2. The monoisotopic (exact) mass is 552 g/mol. The molecule has 38 heavy (non-hydrogen) atoms. The lowest BCUT2D eigenvalue weighted by molar-refractivity contribution is 0.0949. The number of carbonyl (C=O) groups excluding carboxylic acids is 1. The summed E-state index contributed by atoms with van der Waals surface area (Å²) >= 11 is 5.86. The van der Waals surface area contributed by atoms with Crippen molar-refractivity contribution >= 4 is 49.3 Å². The number of para-hydroxylation sites is 1. The minimum Gasteiger partial charge on any atom is -0.361 e. The van der Waals surface area contributed by atoms with Gasteiger partial charge in [-0.05, 0) is 47.9 Å². The summed E-state index contributed by atoms with van der Waals surface area (Å²) in [7, 11) is -4.14. The van der Waals surface area contributed by atoms with E-state index in [2.05, 4.69) is 20.0 Å². The Morgan fingerprint density at radius 1 is 0.974 bits per heavy atom. The zero-order chi connectivity index (χ0) is 26.9. The van der Waals surface area contributed by atoms with E-state index in [9.17, 15) is 22.4 Å². The van der Waals surface area contributed by atoms with E-state index in [-0.39, 0.29) is 29.6 Å². The number of hydrogen-bond donors (Lipinski definition) is 4. The molecule has 0 saturated carbocycles. The number of aromatic nitrogens is 2. The van der Waals surface area contributed by atoms with Gasteiger partial charge in [0.1, 0.15) is 11.4 Å². The minimum absolute atomic E-state index is 0.0628. The Kier molecular flexibility index (Phi) is 7.02. The van der Waals surface area contributed by atoms with Crippen molar-refractivity contribution in [2.45, 2.75) is 17.9 Å². The second kappa shape index (κ2) is 10.4. The summed E-state index contributed by atoms with van der Waals surface area (Å²) in [5.41, 5.74) is 1.38. The Labute approximate surface area is 221 Å². The maximum Gasteiger partial charge on any atom is 0.257 e. The lowest BCUT2D eigenvalue weighted by Crippen LogP contribution is -2.29.